The van der Waals surface area contributed by atoms with Crippen molar-refractivity contribution < 1.29 is 52.7 Å². The summed E-state index contributed by atoms with van der Waals surface area (Å²) in [5, 5.41) is 28.0. The van der Waals surface area contributed by atoms with Gasteiger partial charge >= 0.3 is 12.2 Å². The van der Waals surface area contributed by atoms with Crippen LogP contribution in [0.3, 0.4) is 0 Å². The second kappa shape index (κ2) is 30.5. The largest absolute Gasteiger partial charge is 0.459 e. The van der Waals surface area contributed by atoms with Gasteiger partial charge in [0, 0.05) is 44.2 Å². The predicted molar refractivity (Wildman–Crippen MR) is 291 cm³/mol. The topological polar surface area (TPSA) is 158 Å². The molecule has 1 fully saturated rings. The molecular formula is C61H86FN3O10. The van der Waals surface area contributed by atoms with Gasteiger partial charge < -0.3 is 44.1 Å². The molecule has 3 aromatic carbocycles. The highest BCUT2D eigenvalue weighted by Crippen LogP contribution is 2.62. The third-order valence-electron chi connectivity index (χ3n) is 14.5. The van der Waals surface area contributed by atoms with E-state index in [4.69, 9.17) is 33.7 Å². The van der Waals surface area contributed by atoms with Crippen molar-refractivity contribution in [1.82, 2.24) is 10.2 Å². The predicted octanol–water partition coefficient (Wildman–Crippen LogP) is 13.1. The monoisotopic (exact) mass is 1040 g/mol. The number of benzene rings is 3. The van der Waals surface area contributed by atoms with E-state index in [0.717, 1.165) is 61.6 Å². The molecule has 2 aliphatic carbocycles. The number of amides is 2. The van der Waals surface area contributed by atoms with Crippen molar-refractivity contribution in [3.63, 3.8) is 0 Å². The Bertz CT molecular complexity index is 2270. The van der Waals surface area contributed by atoms with E-state index in [1.54, 1.807) is 29.2 Å². The van der Waals surface area contributed by atoms with Crippen LogP contribution >= 0.6 is 0 Å². The number of hydrogen-bond donors (Lipinski definition) is 3. The Balaban J connectivity index is 1.40. The zero-order chi connectivity index (χ0) is 53.5. The van der Waals surface area contributed by atoms with Crippen molar-refractivity contribution in [1.29, 1.82) is 0 Å². The van der Waals surface area contributed by atoms with Gasteiger partial charge in [-0.15, -0.1) is 6.58 Å². The Labute approximate surface area is 446 Å². The Kier molecular flexibility index (Phi) is 23.9. The number of carbonyl (C=O) groups is 2. The van der Waals surface area contributed by atoms with E-state index in [0.29, 0.717) is 48.8 Å². The van der Waals surface area contributed by atoms with Crippen molar-refractivity contribution in [3.05, 3.63) is 120 Å². The summed E-state index contributed by atoms with van der Waals surface area (Å²) in [7, 11) is 0. The number of nitrogens with one attached hydrogen (secondary N) is 1. The molecule has 1 saturated carbocycles. The van der Waals surface area contributed by atoms with Crippen molar-refractivity contribution in [2.75, 3.05) is 39.6 Å². The van der Waals surface area contributed by atoms with Gasteiger partial charge in [-0.3, -0.25) is 4.90 Å². The van der Waals surface area contributed by atoms with Crippen molar-refractivity contribution in [2.24, 2.45) is 22.9 Å². The quantitative estimate of drug-likeness (QED) is 0.0312. The Morgan fingerprint density at radius 1 is 0.867 bits per heavy atom. The first-order valence-corrected chi connectivity index (χ1v) is 27.9. The zero-order valence-corrected chi connectivity index (χ0v) is 45.3. The molecule has 3 aliphatic rings. The maximum atomic E-state index is 15.0. The van der Waals surface area contributed by atoms with E-state index in [1.807, 2.05) is 63.2 Å². The molecular weight excluding hydrogens is 954 g/mol. The van der Waals surface area contributed by atoms with Crippen LogP contribution in [0.4, 0.5) is 14.0 Å². The third-order valence-corrected chi connectivity index (χ3v) is 14.5. The summed E-state index contributed by atoms with van der Waals surface area (Å²) in [6.45, 7) is 13.1. The van der Waals surface area contributed by atoms with Crippen LogP contribution in [0, 0.1) is 23.6 Å². The number of aliphatic hydroxyl groups excluding tert-OH is 2. The molecule has 0 spiro atoms. The number of ether oxygens (including phenoxy) is 5. The van der Waals surface area contributed by atoms with Gasteiger partial charge in [0.05, 0.1) is 31.5 Å². The lowest BCUT2D eigenvalue weighted by atomic mass is 9.55. The van der Waals surface area contributed by atoms with Crippen LogP contribution in [-0.2, 0) is 32.2 Å². The lowest BCUT2D eigenvalue weighted by Crippen LogP contribution is -2.70. The summed E-state index contributed by atoms with van der Waals surface area (Å²) < 4.78 is 47.1. The van der Waals surface area contributed by atoms with Crippen LogP contribution in [0.15, 0.2) is 102 Å². The van der Waals surface area contributed by atoms with Gasteiger partial charge in [0.2, 0.25) is 5.79 Å². The lowest BCUT2D eigenvalue weighted by Gasteiger charge is -2.60. The van der Waals surface area contributed by atoms with Gasteiger partial charge in [-0.2, -0.15) is 0 Å². The Morgan fingerprint density at radius 2 is 1.56 bits per heavy atom. The lowest BCUT2D eigenvalue weighted by molar-refractivity contribution is -0.256. The van der Waals surface area contributed by atoms with Crippen molar-refractivity contribution in [2.45, 2.75) is 173 Å². The van der Waals surface area contributed by atoms with Crippen LogP contribution < -0.4 is 14.8 Å². The maximum Gasteiger partial charge on any atom is 0.412 e. The molecule has 6 unspecified atom stereocenters. The fourth-order valence-electron chi connectivity index (χ4n) is 11.0. The number of carbonyl (C=O) groups excluding carboxylic acids is 2. The number of rotatable bonds is 32. The van der Waals surface area contributed by atoms with Gasteiger partial charge in [-0.1, -0.05) is 137 Å². The van der Waals surface area contributed by atoms with E-state index < -0.39 is 41.4 Å². The number of allylic oxidation sites excluding steroid dienone is 1. The molecule has 1 aliphatic heterocycles. The van der Waals surface area contributed by atoms with E-state index in [1.165, 1.54) is 57.1 Å². The fraction of sp³-hybridized carbons (Fsp3) is 0.590. The Morgan fingerprint density at radius 3 is 2.24 bits per heavy atom. The number of nitrogens with zero attached hydrogens (tertiary/aromatic N) is 2. The van der Waals surface area contributed by atoms with Gasteiger partial charge in [0.1, 0.15) is 35.6 Å². The molecule has 0 saturated heterocycles. The van der Waals surface area contributed by atoms with Gasteiger partial charge in [0.15, 0.2) is 0 Å². The van der Waals surface area contributed by atoms with Crippen LogP contribution in [0.25, 0.3) is 0 Å². The first-order chi connectivity index (χ1) is 36.4. The molecule has 6 atom stereocenters. The average molecular weight is 1040 g/mol. The molecule has 412 valence electrons. The fourth-order valence-corrected chi connectivity index (χ4v) is 11.0. The molecule has 1 heterocycles. The molecule has 2 amide bonds. The van der Waals surface area contributed by atoms with E-state index in [2.05, 4.69) is 24.9 Å². The summed E-state index contributed by atoms with van der Waals surface area (Å²) in [5.74, 6) is -2.23. The summed E-state index contributed by atoms with van der Waals surface area (Å²) in [6.07, 6.45) is 19.0. The van der Waals surface area contributed by atoms with Gasteiger partial charge in [-0.25, -0.2) is 14.0 Å². The molecule has 0 aromatic heterocycles. The van der Waals surface area contributed by atoms with Crippen molar-refractivity contribution >= 4 is 17.9 Å². The van der Waals surface area contributed by atoms with Gasteiger partial charge in [0.25, 0.3) is 0 Å². The zero-order valence-electron chi connectivity index (χ0n) is 45.3. The summed E-state index contributed by atoms with van der Waals surface area (Å²) in [5.41, 5.74) is 3.23. The highest BCUT2D eigenvalue weighted by Gasteiger charge is 2.66. The minimum Gasteiger partial charge on any atom is -0.459 e. The maximum absolute atomic E-state index is 15.0. The Hall–Kier alpha value is -5.28. The number of oxime groups is 1. The highest BCUT2D eigenvalue weighted by molar-refractivity contribution is 6.03. The summed E-state index contributed by atoms with van der Waals surface area (Å²) >= 11 is 0. The summed E-state index contributed by atoms with van der Waals surface area (Å²) in [4.78, 5) is 36.3. The minimum absolute atomic E-state index is 0.00135. The third kappa shape index (κ3) is 17.4. The highest BCUT2D eigenvalue weighted by atomic mass is 19.1. The normalized spacial score (nSPS) is 21.3. The number of aliphatic hydroxyl groups is 2. The molecule has 0 bridgehead atoms. The molecule has 14 heteroatoms. The SMILES string of the molecule is C=CCOC12Oc3ccc(OC(=O)NCCCCCCCCCCCC)cc3C3C(CCCCO)C(CCCCO)C=C(C(=NOC(C)(C)C)CC1N(Cc1ccc(F)cc1)C(=O)OCCOCc1ccccc1)C32. The van der Waals surface area contributed by atoms with Crippen LogP contribution in [0.5, 0.6) is 11.5 Å². The van der Waals surface area contributed by atoms with E-state index in [-0.39, 0.29) is 63.8 Å². The smallest absolute Gasteiger partial charge is 0.412 e. The number of hydrogen-bond acceptors (Lipinski definition) is 11. The molecule has 3 N–H and O–H groups in total. The van der Waals surface area contributed by atoms with Crippen LogP contribution in [0.1, 0.15) is 159 Å². The van der Waals surface area contributed by atoms with Gasteiger partial charge in [-0.05, 0) is 112 Å². The number of unbranched alkanes of at least 4 members (excludes halogenated alkanes) is 11. The number of halogens is 1. The van der Waals surface area contributed by atoms with E-state index >= 15 is 0 Å². The standard InChI is InChI=1S/C61H86FN3O10/c1-6-8-9-10-11-12-13-14-15-21-34-63-58(68)73-49-32-33-54-52(41-49)56-50(27-20-23-36-67)47(26-19-22-35-66)40-51-53(64-75-60(3,4)5)42-55(61(74-54,57(51)56)72-37-7-2)65(43-45-28-30-48(62)31-29-45)59(69)71-39-38-70-44-46-24-17-16-18-25-46/h7,16-18,24-25,28-33,40-41,47,50,55-57,66-67H,2,6,8-15,19-23,26-27,34-39,42-44H2,1,3-5H3,(H,63,68). The van der Waals surface area contributed by atoms with Crippen molar-refractivity contribution in [3.8, 4) is 11.5 Å². The molecule has 13 nitrogen and oxygen atoms in total. The second-order valence-electron chi connectivity index (χ2n) is 21.4. The van der Waals surface area contributed by atoms with E-state index in [9.17, 15) is 24.2 Å². The van der Waals surface area contributed by atoms with Crippen LogP contribution in [0.2, 0.25) is 0 Å². The average Bonchev–Trinajstić information content (AvgIpc) is 3.44. The first kappa shape index (κ1) is 59.0. The molecule has 3 aromatic rings. The van der Waals surface area contributed by atoms with Crippen LogP contribution in [-0.4, -0.2) is 90.0 Å². The second-order valence-corrected chi connectivity index (χ2v) is 21.4. The molecule has 75 heavy (non-hydrogen) atoms. The minimum atomic E-state index is -1.60. The summed E-state index contributed by atoms with van der Waals surface area (Å²) in [6, 6.07) is 20.3. The molecule has 0 radical (unpaired) electrons. The first-order valence-electron chi connectivity index (χ1n) is 27.9. The molecule has 6 rings (SSSR count). The number of fused-ring (bicyclic) bond motifs is 2.